The van der Waals surface area contributed by atoms with Crippen LogP contribution in [0, 0.1) is 5.82 Å². The van der Waals surface area contributed by atoms with Gasteiger partial charge in [0.2, 0.25) is 0 Å². The van der Waals surface area contributed by atoms with Crippen LogP contribution in [-0.2, 0) is 0 Å². The predicted molar refractivity (Wildman–Crippen MR) is 76.8 cm³/mol. The topological polar surface area (TPSA) is 40.5 Å². The molecule has 0 aliphatic carbocycles. The van der Waals surface area contributed by atoms with Crippen LogP contribution in [0.25, 0.3) is 0 Å². The Balaban J connectivity index is 2.08. The van der Waals surface area contributed by atoms with Gasteiger partial charge in [0, 0.05) is 36.9 Å². The Bertz CT molecular complexity index is 558. The van der Waals surface area contributed by atoms with E-state index in [0.29, 0.717) is 0 Å². The average Bonchev–Trinajstić information content (AvgIpc) is 2.41. The number of piperidine rings is 1. The standard InChI is InChI=1S/C13H12B2ClF2NO2/c14-13(15,21)12(18)3-5-19(6-4-12)11(20)8-1-2-10(17)9(16)7-8/h1-2,7,21H,3-6H2. The van der Waals surface area contributed by atoms with E-state index >= 15 is 0 Å². The number of rotatable bonds is 2. The summed E-state index contributed by atoms with van der Waals surface area (Å²) < 4.78 is 27.4. The number of nitrogens with zero attached hydrogens (tertiary/aromatic N) is 1. The van der Waals surface area contributed by atoms with E-state index in [2.05, 4.69) is 0 Å². The van der Waals surface area contributed by atoms with Crippen molar-refractivity contribution in [2.24, 2.45) is 0 Å². The molecule has 3 nitrogen and oxygen atoms in total. The molecule has 1 aromatic rings. The van der Waals surface area contributed by atoms with Crippen molar-refractivity contribution in [2.45, 2.75) is 23.9 Å². The molecule has 1 aliphatic rings. The fourth-order valence-corrected chi connectivity index (χ4v) is 2.46. The van der Waals surface area contributed by atoms with Crippen LogP contribution in [-0.4, -0.2) is 55.8 Å². The largest absolute Gasteiger partial charge is 0.406 e. The maximum Gasteiger partial charge on any atom is 0.253 e. The summed E-state index contributed by atoms with van der Waals surface area (Å²) in [5.74, 6) is -1.01. The summed E-state index contributed by atoms with van der Waals surface area (Å²) in [6.45, 7) is 0.0854. The lowest BCUT2D eigenvalue weighted by atomic mass is 9.54. The number of amides is 1. The molecule has 0 unspecified atom stereocenters. The number of carbonyl (C=O) groups excluding carboxylic acids is 1. The van der Waals surface area contributed by atoms with Crippen molar-refractivity contribution in [2.75, 3.05) is 13.1 Å². The van der Waals surface area contributed by atoms with Gasteiger partial charge in [-0.3, -0.25) is 4.79 Å². The first-order valence-corrected chi connectivity index (χ1v) is 6.75. The third-order valence-electron chi connectivity index (χ3n) is 3.73. The van der Waals surface area contributed by atoms with Gasteiger partial charge in [-0.05, 0) is 18.2 Å². The molecule has 0 spiro atoms. The maximum atomic E-state index is 14.3. The van der Waals surface area contributed by atoms with Crippen LogP contribution in [0.2, 0.25) is 5.02 Å². The number of carbonyl (C=O) groups is 1. The lowest BCUT2D eigenvalue weighted by Gasteiger charge is -2.43. The van der Waals surface area contributed by atoms with Crippen molar-refractivity contribution in [1.29, 1.82) is 0 Å². The first-order valence-electron chi connectivity index (χ1n) is 6.37. The smallest absolute Gasteiger partial charge is 0.253 e. The van der Waals surface area contributed by atoms with Gasteiger partial charge in [0.1, 0.15) is 27.2 Å². The Morgan fingerprint density at radius 3 is 2.43 bits per heavy atom. The van der Waals surface area contributed by atoms with E-state index in [-0.39, 0.29) is 36.5 Å². The molecule has 1 heterocycles. The van der Waals surface area contributed by atoms with Gasteiger partial charge in [-0.15, -0.1) is 0 Å². The van der Waals surface area contributed by atoms with Crippen LogP contribution in [0.1, 0.15) is 23.2 Å². The van der Waals surface area contributed by atoms with Gasteiger partial charge in [0.25, 0.3) is 5.91 Å². The van der Waals surface area contributed by atoms with Gasteiger partial charge in [-0.1, -0.05) is 11.6 Å². The minimum Gasteiger partial charge on any atom is -0.406 e. The highest BCUT2D eigenvalue weighted by Gasteiger charge is 2.46. The highest BCUT2D eigenvalue weighted by Crippen LogP contribution is 2.34. The third kappa shape index (κ3) is 3.24. The molecule has 0 atom stereocenters. The molecule has 4 radical (unpaired) electrons. The molecule has 1 N–H and O–H groups in total. The number of hydrogen-bond donors (Lipinski definition) is 1. The molecule has 108 valence electrons. The molecular formula is C13H12B2ClF2NO2. The number of hydrogen-bond acceptors (Lipinski definition) is 2. The Morgan fingerprint density at radius 2 is 1.95 bits per heavy atom. The lowest BCUT2D eigenvalue weighted by molar-refractivity contribution is -0.0302. The predicted octanol–water partition coefficient (Wildman–Crippen LogP) is 1.41. The van der Waals surface area contributed by atoms with Crippen molar-refractivity contribution in [1.82, 2.24) is 4.90 Å². The molecule has 1 amide bonds. The molecule has 2 rings (SSSR count). The Morgan fingerprint density at radius 1 is 1.38 bits per heavy atom. The molecule has 0 bridgehead atoms. The van der Waals surface area contributed by atoms with Crippen molar-refractivity contribution in [3.8, 4) is 0 Å². The van der Waals surface area contributed by atoms with E-state index in [0.717, 1.165) is 6.07 Å². The SMILES string of the molecule is [B]C([B])(O)C1(F)CCN(C(=O)c2ccc(F)c(Cl)c2)CC1. The van der Waals surface area contributed by atoms with E-state index in [4.69, 9.17) is 27.3 Å². The second-order valence-corrected chi connectivity index (χ2v) is 5.62. The van der Waals surface area contributed by atoms with Crippen molar-refractivity contribution >= 4 is 33.2 Å². The van der Waals surface area contributed by atoms with Gasteiger partial charge in [-0.2, -0.15) is 0 Å². The van der Waals surface area contributed by atoms with E-state index in [9.17, 15) is 18.7 Å². The summed E-state index contributed by atoms with van der Waals surface area (Å²) in [5.41, 5.74) is -1.94. The van der Waals surface area contributed by atoms with Crippen LogP contribution in [0.15, 0.2) is 18.2 Å². The molecule has 0 aromatic heterocycles. The highest BCUT2D eigenvalue weighted by molar-refractivity contribution is 6.39. The second-order valence-electron chi connectivity index (χ2n) is 5.21. The fraction of sp³-hybridized carbons (Fsp3) is 0.462. The summed E-state index contributed by atoms with van der Waals surface area (Å²) in [4.78, 5) is 13.6. The molecule has 1 aromatic carbocycles. The summed E-state index contributed by atoms with van der Waals surface area (Å²) in [6, 6.07) is 3.62. The van der Waals surface area contributed by atoms with E-state index < -0.39 is 22.8 Å². The van der Waals surface area contributed by atoms with Crippen LogP contribution < -0.4 is 0 Å². The normalized spacial score (nSPS) is 18.6. The van der Waals surface area contributed by atoms with Crippen molar-refractivity contribution < 1.29 is 18.7 Å². The molecule has 1 fully saturated rings. The Hall–Kier alpha value is -1.07. The van der Waals surface area contributed by atoms with Crippen LogP contribution in [0.3, 0.4) is 0 Å². The van der Waals surface area contributed by atoms with Crippen molar-refractivity contribution in [3.05, 3.63) is 34.6 Å². The molecule has 8 heteroatoms. The second kappa shape index (κ2) is 5.61. The van der Waals surface area contributed by atoms with Crippen LogP contribution in [0.5, 0.6) is 0 Å². The van der Waals surface area contributed by atoms with Gasteiger partial charge in [0.15, 0.2) is 0 Å². The highest BCUT2D eigenvalue weighted by atomic mass is 35.5. The number of benzene rings is 1. The molecule has 1 aliphatic heterocycles. The fourth-order valence-electron chi connectivity index (χ4n) is 2.28. The van der Waals surface area contributed by atoms with Gasteiger partial charge in [-0.25, -0.2) is 8.78 Å². The summed E-state index contributed by atoms with van der Waals surface area (Å²) >= 11 is 5.63. The zero-order valence-corrected chi connectivity index (χ0v) is 11.9. The monoisotopic (exact) mass is 309 g/mol. The maximum absolute atomic E-state index is 14.3. The number of alkyl halides is 1. The van der Waals surface area contributed by atoms with E-state index in [1.807, 2.05) is 0 Å². The van der Waals surface area contributed by atoms with Crippen molar-refractivity contribution in [3.63, 3.8) is 0 Å². The first kappa shape index (κ1) is 16.3. The quantitative estimate of drug-likeness (QED) is 0.839. The molecule has 21 heavy (non-hydrogen) atoms. The van der Waals surface area contributed by atoms with Crippen LogP contribution in [0.4, 0.5) is 8.78 Å². The number of halogens is 3. The Labute approximate surface area is 129 Å². The third-order valence-corrected chi connectivity index (χ3v) is 4.02. The molecule has 0 saturated carbocycles. The molecular weight excluding hydrogens is 297 g/mol. The van der Waals surface area contributed by atoms with Gasteiger partial charge < -0.3 is 10.0 Å². The van der Waals surface area contributed by atoms with E-state index in [1.54, 1.807) is 0 Å². The summed E-state index contributed by atoms with van der Waals surface area (Å²) in [6.07, 6.45) is -0.367. The lowest BCUT2D eigenvalue weighted by Crippen LogP contribution is -2.58. The van der Waals surface area contributed by atoms with E-state index in [1.165, 1.54) is 17.0 Å². The summed E-state index contributed by atoms with van der Waals surface area (Å²) in [5, 5.41) is 6.83. The zero-order chi connectivity index (χ0) is 15.8. The molecule has 1 saturated heterocycles. The zero-order valence-electron chi connectivity index (χ0n) is 11.2. The minimum atomic E-state index is -2.44. The first-order chi connectivity index (χ1) is 9.64. The van der Waals surface area contributed by atoms with Gasteiger partial charge >= 0.3 is 0 Å². The number of aliphatic hydroxyl groups is 1. The minimum absolute atomic E-state index is 0.0427. The Kier molecular flexibility index (Phi) is 4.36. The summed E-state index contributed by atoms with van der Waals surface area (Å²) in [7, 11) is 10.4. The average molecular weight is 309 g/mol. The number of likely N-dealkylation sites (tertiary alicyclic amines) is 1. The van der Waals surface area contributed by atoms with Crippen LogP contribution >= 0.6 is 11.6 Å². The van der Waals surface area contributed by atoms with Gasteiger partial charge in [0.05, 0.1) is 5.02 Å².